The molecule has 7 heteroatoms. The molecule has 7 nitrogen and oxygen atoms in total. The second kappa shape index (κ2) is 7.17. The van der Waals surface area contributed by atoms with Gasteiger partial charge in [0.05, 0.1) is 18.8 Å². The third-order valence-electron chi connectivity index (χ3n) is 2.46. The summed E-state index contributed by atoms with van der Waals surface area (Å²) in [7, 11) is 0. The zero-order chi connectivity index (χ0) is 14.3. The zero-order valence-electron chi connectivity index (χ0n) is 11.1. The Labute approximate surface area is 107 Å². The van der Waals surface area contributed by atoms with E-state index in [4.69, 9.17) is 15.9 Å². The van der Waals surface area contributed by atoms with Crippen molar-refractivity contribution in [2.75, 3.05) is 13.2 Å². The van der Waals surface area contributed by atoms with Crippen LogP contribution < -0.4 is 16.4 Å². The average molecular weight is 261 g/mol. The van der Waals surface area contributed by atoms with Crippen molar-refractivity contribution >= 4 is 11.9 Å². The van der Waals surface area contributed by atoms with E-state index in [0.29, 0.717) is 6.42 Å². The van der Waals surface area contributed by atoms with Gasteiger partial charge in [-0.1, -0.05) is 13.8 Å². The van der Waals surface area contributed by atoms with Crippen LogP contribution >= 0.6 is 0 Å². The first-order valence-electron chi connectivity index (χ1n) is 5.84. The Bertz CT molecular complexity index is 290. The lowest BCUT2D eigenvalue weighted by molar-refractivity contribution is -0.126. The molecule has 1 unspecified atom stereocenters. The number of amides is 3. The number of nitrogens with one attached hydrogen (secondary N) is 2. The van der Waals surface area contributed by atoms with Crippen LogP contribution in [0.25, 0.3) is 0 Å². The number of hydrogen-bond acceptors (Lipinski definition) is 4. The molecule has 3 amide bonds. The van der Waals surface area contributed by atoms with Crippen LogP contribution in [0, 0.1) is 5.92 Å². The van der Waals surface area contributed by atoms with Gasteiger partial charge in [0, 0.05) is 0 Å². The predicted octanol–water partition coefficient (Wildman–Crippen LogP) is -1.07. The van der Waals surface area contributed by atoms with Gasteiger partial charge in [-0.25, -0.2) is 4.79 Å². The Morgan fingerprint density at radius 1 is 1.28 bits per heavy atom. The second-order valence-corrected chi connectivity index (χ2v) is 5.06. The fraction of sp³-hybridized carbons (Fsp3) is 0.818. The summed E-state index contributed by atoms with van der Waals surface area (Å²) in [4.78, 5) is 22.8. The Hall–Kier alpha value is -1.34. The van der Waals surface area contributed by atoms with Gasteiger partial charge in [-0.15, -0.1) is 0 Å². The number of nitrogens with two attached hydrogens (primary N) is 1. The number of aliphatic hydroxyl groups is 2. The lowest BCUT2D eigenvalue weighted by atomic mass is 10.0. The van der Waals surface area contributed by atoms with Crippen LogP contribution in [0.15, 0.2) is 0 Å². The van der Waals surface area contributed by atoms with Crippen LogP contribution in [0.5, 0.6) is 0 Å². The number of aliphatic hydroxyl groups excluding tert-OH is 2. The molecule has 0 spiro atoms. The molecule has 106 valence electrons. The first-order chi connectivity index (χ1) is 8.24. The molecular weight excluding hydrogens is 238 g/mol. The summed E-state index contributed by atoms with van der Waals surface area (Å²) in [6, 6.07) is -1.56. The summed E-state index contributed by atoms with van der Waals surface area (Å²) in [5.74, 6) is -0.296. The van der Waals surface area contributed by atoms with Gasteiger partial charge in [-0.3, -0.25) is 4.79 Å². The summed E-state index contributed by atoms with van der Waals surface area (Å²) >= 11 is 0. The largest absolute Gasteiger partial charge is 0.394 e. The molecule has 0 radical (unpaired) electrons. The summed E-state index contributed by atoms with van der Waals surface area (Å²) < 4.78 is 0. The number of carbonyl (C=O) groups excluding carboxylic acids is 2. The van der Waals surface area contributed by atoms with Crippen LogP contribution in [-0.4, -0.2) is 46.9 Å². The van der Waals surface area contributed by atoms with Crippen molar-refractivity contribution in [3.63, 3.8) is 0 Å². The molecular formula is C11H23N3O4. The minimum atomic E-state index is -1.12. The molecule has 0 saturated heterocycles. The van der Waals surface area contributed by atoms with Gasteiger partial charge in [-0.2, -0.15) is 0 Å². The lowest BCUT2D eigenvalue weighted by Gasteiger charge is -2.29. The van der Waals surface area contributed by atoms with Crippen molar-refractivity contribution in [3.05, 3.63) is 0 Å². The van der Waals surface area contributed by atoms with Crippen molar-refractivity contribution in [1.29, 1.82) is 0 Å². The second-order valence-electron chi connectivity index (χ2n) is 5.06. The van der Waals surface area contributed by atoms with E-state index in [1.807, 2.05) is 13.8 Å². The van der Waals surface area contributed by atoms with E-state index in [-0.39, 0.29) is 5.92 Å². The highest BCUT2D eigenvalue weighted by Gasteiger charge is 2.29. The van der Waals surface area contributed by atoms with Gasteiger partial charge in [-0.05, 0) is 19.3 Å². The van der Waals surface area contributed by atoms with E-state index in [0.717, 1.165) is 0 Å². The van der Waals surface area contributed by atoms with Gasteiger partial charge >= 0.3 is 6.03 Å². The maximum Gasteiger partial charge on any atom is 0.312 e. The fourth-order valence-electron chi connectivity index (χ4n) is 1.39. The van der Waals surface area contributed by atoms with Gasteiger partial charge in [0.25, 0.3) is 0 Å². The predicted molar refractivity (Wildman–Crippen MR) is 66.7 cm³/mol. The lowest BCUT2D eigenvalue weighted by Crippen LogP contribution is -2.58. The molecule has 0 aromatic rings. The number of carbonyl (C=O) groups is 2. The molecule has 0 fully saturated rings. The Morgan fingerprint density at radius 2 is 1.78 bits per heavy atom. The summed E-state index contributed by atoms with van der Waals surface area (Å²) in [5, 5.41) is 23.0. The van der Waals surface area contributed by atoms with E-state index in [9.17, 15) is 9.59 Å². The zero-order valence-corrected chi connectivity index (χ0v) is 11.1. The van der Waals surface area contributed by atoms with Crippen LogP contribution in [0.1, 0.15) is 27.2 Å². The molecule has 0 aromatic carbocycles. The maximum absolute atomic E-state index is 11.9. The standard InChI is InChI=1S/C11H23N3O4/c1-7(2)4-8(13-10(12)18)9(17)14-11(3,5-15)6-16/h7-8,15-16H,4-6H2,1-3H3,(H,14,17)(H3,12,13,18). The third kappa shape index (κ3) is 5.83. The van der Waals surface area contributed by atoms with E-state index in [1.165, 1.54) is 6.92 Å². The molecule has 0 bridgehead atoms. The first kappa shape index (κ1) is 16.7. The molecule has 6 N–H and O–H groups in total. The molecule has 0 aliphatic rings. The summed E-state index contributed by atoms with van der Waals surface area (Å²) in [5.41, 5.74) is 3.89. The Kier molecular flexibility index (Phi) is 6.64. The molecule has 0 saturated carbocycles. The average Bonchev–Trinajstić information content (AvgIpc) is 2.26. The van der Waals surface area contributed by atoms with Crippen LogP contribution in [0.3, 0.4) is 0 Å². The van der Waals surface area contributed by atoms with Gasteiger partial charge in [0.2, 0.25) is 5.91 Å². The van der Waals surface area contributed by atoms with E-state index >= 15 is 0 Å². The van der Waals surface area contributed by atoms with Crippen molar-refractivity contribution in [3.8, 4) is 0 Å². The molecule has 1 atom stereocenters. The minimum Gasteiger partial charge on any atom is -0.394 e. The van der Waals surface area contributed by atoms with E-state index in [1.54, 1.807) is 0 Å². The SMILES string of the molecule is CC(C)CC(NC(N)=O)C(=O)NC(C)(CO)CO. The highest BCUT2D eigenvalue weighted by atomic mass is 16.3. The number of urea groups is 1. The van der Waals surface area contributed by atoms with Gasteiger partial charge < -0.3 is 26.6 Å². The highest BCUT2D eigenvalue weighted by Crippen LogP contribution is 2.07. The summed E-state index contributed by atoms with van der Waals surface area (Å²) in [6.07, 6.45) is 0.418. The normalized spacial score (nSPS) is 13.2. The van der Waals surface area contributed by atoms with Crippen LogP contribution in [0.2, 0.25) is 0 Å². The first-order valence-corrected chi connectivity index (χ1v) is 5.84. The molecule has 0 aliphatic carbocycles. The number of primary amides is 1. The number of hydrogen-bond donors (Lipinski definition) is 5. The fourth-order valence-corrected chi connectivity index (χ4v) is 1.39. The van der Waals surface area contributed by atoms with Crippen molar-refractivity contribution in [2.45, 2.75) is 38.8 Å². The Morgan fingerprint density at radius 3 is 2.11 bits per heavy atom. The molecule has 0 heterocycles. The molecule has 0 aliphatic heterocycles. The quantitative estimate of drug-likeness (QED) is 0.400. The van der Waals surface area contributed by atoms with Crippen LogP contribution in [-0.2, 0) is 4.79 Å². The minimum absolute atomic E-state index is 0.183. The van der Waals surface area contributed by atoms with E-state index in [2.05, 4.69) is 10.6 Å². The molecule has 18 heavy (non-hydrogen) atoms. The highest BCUT2D eigenvalue weighted by molar-refractivity contribution is 5.87. The van der Waals surface area contributed by atoms with Gasteiger partial charge in [0.15, 0.2) is 0 Å². The monoisotopic (exact) mass is 261 g/mol. The Balaban J connectivity index is 4.69. The topological polar surface area (TPSA) is 125 Å². The number of rotatable bonds is 7. The molecule has 0 aromatic heterocycles. The van der Waals surface area contributed by atoms with Crippen molar-refractivity contribution < 1.29 is 19.8 Å². The molecule has 0 rings (SSSR count). The van der Waals surface area contributed by atoms with Crippen molar-refractivity contribution in [2.24, 2.45) is 11.7 Å². The van der Waals surface area contributed by atoms with E-state index < -0.39 is 36.7 Å². The van der Waals surface area contributed by atoms with Crippen molar-refractivity contribution in [1.82, 2.24) is 10.6 Å². The smallest absolute Gasteiger partial charge is 0.312 e. The van der Waals surface area contributed by atoms with Gasteiger partial charge in [0.1, 0.15) is 6.04 Å². The van der Waals surface area contributed by atoms with Crippen LogP contribution in [0.4, 0.5) is 4.79 Å². The maximum atomic E-state index is 11.9. The third-order valence-corrected chi connectivity index (χ3v) is 2.46. The summed E-state index contributed by atoms with van der Waals surface area (Å²) in [6.45, 7) is 4.50.